The fourth-order valence-electron chi connectivity index (χ4n) is 3.31. The van der Waals surface area contributed by atoms with Crippen LogP contribution in [0.25, 0.3) is 0 Å². The van der Waals surface area contributed by atoms with Crippen LogP contribution in [0.1, 0.15) is 24.0 Å². The fourth-order valence-corrected chi connectivity index (χ4v) is 3.31. The molecule has 2 aliphatic rings. The predicted octanol–water partition coefficient (Wildman–Crippen LogP) is 0.425. The number of rotatable bonds is 2. The Kier molecular flexibility index (Phi) is 3.92. The number of hydrogen-bond acceptors (Lipinski definition) is 3. The highest BCUT2D eigenvalue weighted by Gasteiger charge is 2.36. The van der Waals surface area contributed by atoms with Crippen LogP contribution < -0.4 is 11.1 Å². The summed E-state index contributed by atoms with van der Waals surface area (Å²) in [5.41, 5.74) is 7.78. The Balaban J connectivity index is 1.85. The highest BCUT2D eigenvalue weighted by Crippen LogP contribution is 2.26. The standard InChI is InChI=1S/C16H21N3O2/c17-15(20)14-9-12-3-1-2-4-13(12)10-19(14)16(21)11-5-7-18-8-6-11/h1-4,11,14,18H,5-10H2,(H2,17,20)/t14-/m0/s1. The number of nitrogens with one attached hydrogen (secondary N) is 1. The average molecular weight is 287 g/mol. The number of fused-ring (bicyclic) bond motifs is 1. The summed E-state index contributed by atoms with van der Waals surface area (Å²) in [7, 11) is 0. The third-order valence-corrected chi connectivity index (χ3v) is 4.55. The highest BCUT2D eigenvalue weighted by molar-refractivity contribution is 5.88. The minimum absolute atomic E-state index is 0.0124. The molecule has 0 spiro atoms. The summed E-state index contributed by atoms with van der Waals surface area (Å²) in [6.07, 6.45) is 2.20. The van der Waals surface area contributed by atoms with Crippen LogP contribution in [0.2, 0.25) is 0 Å². The number of primary amides is 1. The quantitative estimate of drug-likeness (QED) is 0.828. The van der Waals surface area contributed by atoms with Crippen LogP contribution >= 0.6 is 0 Å². The molecule has 1 atom stereocenters. The lowest BCUT2D eigenvalue weighted by molar-refractivity contribution is -0.144. The molecule has 0 saturated carbocycles. The number of benzene rings is 1. The minimum atomic E-state index is -0.512. The number of hydrogen-bond donors (Lipinski definition) is 2. The molecule has 0 aliphatic carbocycles. The van der Waals surface area contributed by atoms with Gasteiger partial charge >= 0.3 is 0 Å². The summed E-state index contributed by atoms with van der Waals surface area (Å²) in [6.45, 7) is 2.22. The molecule has 2 amide bonds. The third kappa shape index (κ3) is 2.78. The van der Waals surface area contributed by atoms with E-state index in [1.165, 1.54) is 0 Å². The summed E-state index contributed by atoms with van der Waals surface area (Å²) < 4.78 is 0. The van der Waals surface area contributed by atoms with E-state index < -0.39 is 11.9 Å². The Hall–Kier alpha value is -1.88. The molecule has 5 nitrogen and oxygen atoms in total. The maximum atomic E-state index is 12.8. The van der Waals surface area contributed by atoms with Crippen molar-refractivity contribution in [3.63, 3.8) is 0 Å². The van der Waals surface area contributed by atoms with Crippen molar-refractivity contribution in [3.05, 3.63) is 35.4 Å². The van der Waals surface area contributed by atoms with E-state index >= 15 is 0 Å². The highest BCUT2D eigenvalue weighted by atomic mass is 16.2. The number of carbonyl (C=O) groups is 2. The van der Waals surface area contributed by atoms with Crippen molar-refractivity contribution in [1.82, 2.24) is 10.2 Å². The lowest BCUT2D eigenvalue weighted by Crippen LogP contribution is -2.53. The van der Waals surface area contributed by atoms with Crippen LogP contribution in [0.5, 0.6) is 0 Å². The molecule has 0 unspecified atom stereocenters. The van der Waals surface area contributed by atoms with Crippen molar-refractivity contribution in [2.75, 3.05) is 13.1 Å². The van der Waals surface area contributed by atoms with Crippen molar-refractivity contribution in [2.24, 2.45) is 11.7 Å². The van der Waals surface area contributed by atoms with Gasteiger partial charge in [0.2, 0.25) is 11.8 Å². The molecule has 112 valence electrons. The summed E-state index contributed by atoms with van der Waals surface area (Å²) in [5, 5.41) is 3.26. The second kappa shape index (κ2) is 5.85. The van der Waals surface area contributed by atoms with Gasteiger partial charge in [0.15, 0.2) is 0 Å². The van der Waals surface area contributed by atoms with Gasteiger partial charge in [-0.2, -0.15) is 0 Å². The summed E-state index contributed by atoms with van der Waals surface area (Å²) in [4.78, 5) is 26.2. The Morgan fingerprint density at radius 1 is 1.14 bits per heavy atom. The van der Waals surface area contributed by atoms with Crippen molar-refractivity contribution in [1.29, 1.82) is 0 Å². The normalized spacial score (nSPS) is 22.7. The third-order valence-electron chi connectivity index (χ3n) is 4.55. The number of piperidine rings is 1. The molecule has 2 heterocycles. The van der Waals surface area contributed by atoms with Crippen molar-refractivity contribution >= 4 is 11.8 Å². The van der Waals surface area contributed by atoms with Gasteiger partial charge < -0.3 is 16.0 Å². The van der Waals surface area contributed by atoms with Gasteiger partial charge in [-0.1, -0.05) is 24.3 Å². The maximum absolute atomic E-state index is 12.8. The molecule has 0 bridgehead atoms. The molecule has 5 heteroatoms. The van der Waals surface area contributed by atoms with E-state index in [-0.39, 0.29) is 11.8 Å². The van der Waals surface area contributed by atoms with Crippen LogP contribution in [0.3, 0.4) is 0 Å². The first-order valence-corrected chi connectivity index (χ1v) is 7.54. The molecule has 3 rings (SSSR count). The molecule has 2 aliphatic heterocycles. The molecule has 0 radical (unpaired) electrons. The number of carbonyl (C=O) groups excluding carboxylic acids is 2. The van der Waals surface area contributed by atoms with Crippen molar-refractivity contribution in [3.8, 4) is 0 Å². The van der Waals surface area contributed by atoms with Gasteiger partial charge in [-0.05, 0) is 37.1 Å². The van der Waals surface area contributed by atoms with Crippen LogP contribution in [-0.2, 0) is 22.6 Å². The smallest absolute Gasteiger partial charge is 0.240 e. The Bertz CT molecular complexity index is 552. The van der Waals surface area contributed by atoms with E-state index in [9.17, 15) is 9.59 Å². The Morgan fingerprint density at radius 3 is 2.48 bits per heavy atom. The fraction of sp³-hybridized carbons (Fsp3) is 0.500. The minimum Gasteiger partial charge on any atom is -0.368 e. The molecule has 0 aromatic heterocycles. The molecular formula is C16H21N3O2. The van der Waals surface area contributed by atoms with Gasteiger partial charge in [0, 0.05) is 18.9 Å². The van der Waals surface area contributed by atoms with Crippen molar-refractivity contribution in [2.45, 2.75) is 31.8 Å². The van der Waals surface area contributed by atoms with Gasteiger partial charge in [-0.15, -0.1) is 0 Å². The molecule has 1 saturated heterocycles. The van der Waals surface area contributed by atoms with Crippen LogP contribution in [-0.4, -0.2) is 35.8 Å². The van der Waals surface area contributed by atoms with Crippen molar-refractivity contribution < 1.29 is 9.59 Å². The largest absolute Gasteiger partial charge is 0.368 e. The molecular weight excluding hydrogens is 266 g/mol. The number of amides is 2. The maximum Gasteiger partial charge on any atom is 0.240 e. The van der Waals surface area contributed by atoms with E-state index in [0.717, 1.165) is 37.1 Å². The summed E-state index contributed by atoms with van der Waals surface area (Å²) >= 11 is 0. The van der Waals surface area contributed by atoms with E-state index in [1.54, 1.807) is 4.90 Å². The first-order valence-electron chi connectivity index (χ1n) is 7.54. The van der Waals surface area contributed by atoms with Crippen LogP contribution in [0.4, 0.5) is 0 Å². The van der Waals surface area contributed by atoms with Gasteiger partial charge in [-0.25, -0.2) is 0 Å². The summed E-state index contributed by atoms with van der Waals surface area (Å²) in [5.74, 6) is -0.319. The monoisotopic (exact) mass is 287 g/mol. The number of nitrogens with two attached hydrogens (primary N) is 1. The second-order valence-corrected chi connectivity index (χ2v) is 5.88. The van der Waals surface area contributed by atoms with Gasteiger partial charge in [0.1, 0.15) is 6.04 Å². The van der Waals surface area contributed by atoms with E-state index in [2.05, 4.69) is 5.32 Å². The van der Waals surface area contributed by atoms with Crippen LogP contribution in [0.15, 0.2) is 24.3 Å². The zero-order valence-corrected chi connectivity index (χ0v) is 12.0. The average Bonchev–Trinajstić information content (AvgIpc) is 2.53. The predicted molar refractivity (Wildman–Crippen MR) is 79.3 cm³/mol. The van der Waals surface area contributed by atoms with Gasteiger partial charge in [0.25, 0.3) is 0 Å². The number of nitrogens with zero attached hydrogens (tertiary/aromatic N) is 1. The van der Waals surface area contributed by atoms with Gasteiger partial charge in [0.05, 0.1) is 0 Å². The molecule has 21 heavy (non-hydrogen) atoms. The Morgan fingerprint density at radius 2 is 1.81 bits per heavy atom. The van der Waals surface area contributed by atoms with E-state index in [1.807, 2.05) is 24.3 Å². The second-order valence-electron chi connectivity index (χ2n) is 5.88. The lowest BCUT2D eigenvalue weighted by atomic mass is 9.90. The Labute approximate surface area is 124 Å². The molecule has 1 aromatic carbocycles. The SMILES string of the molecule is NC(=O)[C@@H]1Cc2ccccc2CN1C(=O)C1CCNCC1. The zero-order chi connectivity index (χ0) is 14.8. The molecule has 1 aromatic rings. The molecule has 3 N–H and O–H groups in total. The topological polar surface area (TPSA) is 75.4 Å². The van der Waals surface area contributed by atoms with E-state index in [0.29, 0.717) is 13.0 Å². The zero-order valence-electron chi connectivity index (χ0n) is 12.0. The van der Waals surface area contributed by atoms with E-state index in [4.69, 9.17) is 5.73 Å². The molecule has 1 fully saturated rings. The summed E-state index contributed by atoms with van der Waals surface area (Å²) in [6, 6.07) is 7.45. The first-order chi connectivity index (χ1) is 10.2. The first kappa shape index (κ1) is 14.1. The van der Waals surface area contributed by atoms with Crippen LogP contribution in [0, 0.1) is 5.92 Å². The van der Waals surface area contributed by atoms with Gasteiger partial charge in [-0.3, -0.25) is 9.59 Å². The lowest BCUT2D eigenvalue weighted by Gasteiger charge is -2.38.